The lowest BCUT2D eigenvalue weighted by Gasteiger charge is -2.07. The monoisotopic (exact) mass is 271 g/mol. The van der Waals surface area contributed by atoms with Crippen LogP contribution in [0.15, 0.2) is 5.38 Å². The molecule has 18 heavy (non-hydrogen) atoms. The Labute approximate surface area is 109 Å². The number of aliphatic hydroxyl groups excluding tert-OH is 1. The van der Waals surface area contributed by atoms with Gasteiger partial charge < -0.3 is 15.7 Å². The fourth-order valence-electron chi connectivity index (χ4n) is 1.23. The van der Waals surface area contributed by atoms with E-state index in [1.807, 2.05) is 6.92 Å². The van der Waals surface area contributed by atoms with Crippen LogP contribution in [0.3, 0.4) is 0 Å². The Balaban J connectivity index is 2.42. The van der Waals surface area contributed by atoms with E-state index in [4.69, 9.17) is 0 Å². The van der Waals surface area contributed by atoms with Gasteiger partial charge in [-0.3, -0.25) is 9.59 Å². The van der Waals surface area contributed by atoms with Crippen molar-refractivity contribution in [3.8, 4) is 0 Å². The van der Waals surface area contributed by atoms with Crippen LogP contribution in [0.4, 0.5) is 5.13 Å². The number of aromatic nitrogens is 1. The molecule has 1 aromatic rings. The van der Waals surface area contributed by atoms with Gasteiger partial charge in [0, 0.05) is 18.8 Å². The number of hydrogen-bond acceptors (Lipinski definition) is 5. The van der Waals surface area contributed by atoms with E-state index in [0.717, 1.165) is 0 Å². The zero-order valence-corrected chi connectivity index (χ0v) is 11.2. The molecule has 1 rings (SSSR count). The molecule has 0 aliphatic heterocycles. The van der Waals surface area contributed by atoms with Gasteiger partial charge in [0.05, 0.1) is 6.10 Å². The molecule has 0 saturated carbocycles. The molecule has 0 aromatic carbocycles. The first-order chi connectivity index (χ1) is 8.52. The Morgan fingerprint density at radius 1 is 1.56 bits per heavy atom. The molecule has 6 nitrogen and oxygen atoms in total. The van der Waals surface area contributed by atoms with Crippen molar-refractivity contribution in [1.29, 1.82) is 0 Å². The second-order valence-electron chi connectivity index (χ2n) is 3.83. The minimum atomic E-state index is -0.393. The van der Waals surface area contributed by atoms with E-state index in [1.165, 1.54) is 18.3 Å². The summed E-state index contributed by atoms with van der Waals surface area (Å²) in [6.07, 6.45) is 0.792. The molecule has 0 fully saturated rings. The lowest BCUT2D eigenvalue weighted by Crippen LogP contribution is -2.27. The summed E-state index contributed by atoms with van der Waals surface area (Å²) in [5.74, 6) is -0.520. The van der Waals surface area contributed by atoms with Crippen molar-refractivity contribution >= 4 is 28.3 Å². The number of carbonyl (C=O) groups excluding carboxylic acids is 2. The van der Waals surface area contributed by atoms with E-state index in [9.17, 15) is 14.7 Å². The molecule has 0 radical (unpaired) electrons. The first-order valence-corrected chi connectivity index (χ1v) is 6.60. The molecular weight excluding hydrogens is 254 g/mol. The van der Waals surface area contributed by atoms with Gasteiger partial charge in [-0.2, -0.15) is 0 Å². The van der Waals surface area contributed by atoms with Crippen molar-refractivity contribution in [3.63, 3.8) is 0 Å². The molecule has 1 unspecified atom stereocenters. The normalized spacial score (nSPS) is 11.9. The average Bonchev–Trinajstić information content (AvgIpc) is 2.76. The van der Waals surface area contributed by atoms with Crippen LogP contribution in [0.2, 0.25) is 0 Å². The molecular formula is C11H17N3O3S. The van der Waals surface area contributed by atoms with Gasteiger partial charge in [0.1, 0.15) is 5.69 Å². The third-order valence-electron chi connectivity index (χ3n) is 2.25. The predicted octanol–water partition coefficient (Wildman–Crippen LogP) is 0.992. The Hall–Kier alpha value is -1.47. The zero-order valence-electron chi connectivity index (χ0n) is 10.4. The number of carbonyl (C=O) groups is 2. The molecule has 0 spiro atoms. The largest absolute Gasteiger partial charge is 0.393 e. The maximum absolute atomic E-state index is 11.7. The SMILES string of the molecule is CCC(O)CCNC(=O)c1csc(NC(C)=O)n1. The molecule has 0 aliphatic rings. The van der Waals surface area contributed by atoms with Gasteiger partial charge in [-0.25, -0.2) is 4.98 Å². The summed E-state index contributed by atoms with van der Waals surface area (Å²) in [7, 11) is 0. The predicted molar refractivity (Wildman–Crippen MR) is 69.7 cm³/mol. The van der Waals surface area contributed by atoms with E-state index in [1.54, 1.807) is 5.38 Å². The summed E-state index contributed by atoms with van der Waals surface area (Å²) < 4.78 is 0. The van der Waals surface area contributed by atoms with E-state index >= 15 is 0 Å². The highest BCUT2D eigenvalue weighted by Gasteiger charge is 2.11. The van der Waals surface area contributed by atoms with Gasteiger partial charge in [0.25, 0.3) is 5.91 Å². The van der Waals surface area contributed by atoms with Crippen molar-refractivity contribution in [3.05, 3.63) is 11.1 Å². The maximum Gasteiger partial charge on any atom is 0.270 e. The van der Waals surface area contributed by atoms with Crippen molar-refractivity contribution < 1.29 is 14.7 Å². The van der Waals surface area contributed by atoms with Crippen LogP contribution in [0, 0.1) is 0 Å². The smallest absolute Gasteiger partial charge is 0.270 e. The van der Waals surface area contributed by atoms with Crippen LogP contribution < -0.4 is 10.6 Å². The minimum Gasteiger partial charge on any atom is -0.393 e. The molecule has 3 N–H and O–H groups in total. The second-order valence-corrected chi connectivity index (χ2v) is 4.68. The quantitative estimate of drug-likeness (QED) is 0.719. The number of thiazole rings is 1. The fraction of sp³-hybridized carbons (Fsp3) is 0.545. The maximum atomic E-state index is 11.7. The van der Waals surface area contributed by atoms with Gasteiger partial charge in [-0.1, -0.05) is 6.92 Å². The molecule has 0 saturated heterocycles. The third kappa shape index (κ3) is 4.80. The van der Waals surface area contributed by atoms with E-state index in [-0.39, 0.29) is 17.5 Å². The summed E-state index contributed by atoms with van der Waals surface area (Å²) in [5.41, 5.74) is 0.273. The number of anilines is 1. The summed E-state index contributed by atoms with van der Waals surface area (Å²) in [4.78, 5) is 26.4. The van der Waals surface area contributed by atoms with Gasteiger partial charge in [0.2, 0.25) is 5.91 Å². The number of hydrogen-bond donors (Lipinski definition) is 3. The van der Waals surface area contributed by atoms with E-state index in [0.29, 0.717) is 24.5 Å². The van der Waals surface area contributed by atoms with Crippen LogP contribution in [0.5, 0.6) is 0 Å². The summed E-state index contributed by atoms with van der Waals surface area (Å²) in [5, 5.41) is 16.5. The van der Waals surface area contributed by atoms with Gasteiger partial charge in [0.15, 0.2) is 5.13 Å². The molecule has 7 heteroatoms. The highest BCUT2D eigenvalue weighted by Crippen LogP contribution is 2.15. The number of amides is 2. The Morgan fingerprint density at radius 3 is 2.89 bits per heavy atom. The van der Waals surface area contributed by atoms with Crippen molar-refractivity contribution in [2.75, 3.05) is 11.9 Å². The first-order valence-electron chi connectivity index (χ1n) is 5.72. The Kier molecular flexibility index (Phi) is 5.73. The third-order valence-corrected chi connectivity index (χ3v) is 3.01. The standard InChI is InChI=1S/C11H17N3O3S/c1-3-8(16)4-5-12-10(17)9-6-18-11(14-9)13-7(2)15/h6,8,16H,3-5H2,1-2H3,(H,12,17)(H,13,14,15). The van der Waals surface area contributed by atoms with Crippen LogP contribution in [-0.4, -0.2) is 34.6 Å². The summed E-state index contributed by atoms with van der Waals surface area (Å²) in [6.45, 7) is 3.67. The fourth-order valence-corrected chi connectivity index (χ4v) is 1.97. The molecule has 0 aliphatic carbocycles. The molecule has 1 atom stereocenters. The average molecular weight is 271 g/mol. The highest BCUT2D eigenvalue weighted by atomic mass is 32.1. The minimum absolute atomic E-state index is 0.220. The Morgan fingerprint density at radius 2 is 2.28 bits per heavy atom. The van der Waals surface area contributed by atoms with Crippen LogP contribution in [0.1, 0.15) is 37.2 Å². The lowest BCUT2D eigenvalue weighted by atomic mass is 10.2. The molecule has 0 bridgehead atoms. The summed E-state index contributed by atoms with van der Waals surface area (Å²) in [6, 6.07) is 0. The first kappa shape index (κ1) is 14.6. The zero-order chi connectivity index (χ0) is 13.5. The topological polar surface area (TPSA) is 91.3 Å². The van der Waals surface area contributed by atoms with Crippen molar-refractivity contribution in [2.24, 2.45) is 0 Å². The lowest BCUT2D eigenvalue weighted by molar-refractivity contribution is -0.114. The second kappa shape index (κ2) is 7.07. The summed E-state index contributed by atoms with van der Waals surface area (Å²) >= 11 is 1.20. The van der Waals surface area contributed by atoms with Crippen LogP contribution in [-0.2, 0) is 4.79 Å². The number of nitrogens with zero attached hydrogens (tertiary/aromatic N) is 1. The molecule has 1 aromatic heterocycles. The van der Waals surface area contributed by atoms with Crippen molar-refractivity contribution in [2.45, 2.75) is 32.8 Å². The molecule has 1 heterocycles. The molecule has 2 amide bonds. The number of aliphatic hydroxyl groups is 1. The van der Waals surface area contributed by atoms with Gasteiger partial charge >= 0.3 is 0 Å². The van der Waals surface area contributed by atoms with E-state index in [2.05, 4.69) is 15.6 Å². The highest BCUT2D eigenvalue weighted by molar-refractivity contribution is 7.14. The number of rotatable bonds is 6. The van der Waals surface area contributed by atoms with E-state index < -0.39 is 6.10 Å². The number of nitrogens with one attached hydrogen (secondary N) is 2. The van der Waals surface area contributed by atoms with Gasteiger partial charge in [-0.15, -0.1) is 11.3 Å². The van der Waals surface area contributed by atoms with Crippen molar-refractivity contribution in [1.82, 2.24) is 10.3 Å². The van der Waals surface area contributed by atoms with Crippen LogP contribution in [0.25, 0.3) is 0 Å². The Bertz CT molecular complexity index is 419. The van der Waals surface area contributed by atoms with Gasteiger partial charge in [-0.05, 0) is 12.8 Å². The van der Waals surface area contributed by atoms with Crippen LogP contribution >= 0.6 is 11.3 Å². The molecule has 100 valence electrons.